The second-order valence-corrected chi connectivity index (χ2v) is 6.53. The van der Waals surface area contributed by atoms with E-state index in [2.05, 4.69) is 39.6 Å². The van der Waals surface area contributed by atoms with Gasteiger partial charge in [0.25, 0.3) is 0 Å². The van der Waals surface area contributed by atoms with Gasteiger partial charge in [0.15, 0.2) is 0 Å². The number of carboxylic acid groups (broad SMARTS) is 1. The number of aromatic nitrogens is 2. The van der Waals surface area contributed by atoms with Crippen LogP contribution in [0.1, 0.15) is 21.6 Å². The lowest BCUT2D eigenvalue weighted by molar-refractivity contribution is 0.0687. The monoisotopic (exact) mass is 348 g/mol. The minimum absolute atomic E-state index is 0.284. The SMILES string of the molecule is C=C1N(C)c2ccc(CCc3ccc4nccn4c3C(=O)O)cc2N1C. The minimum Gasteiger partial charge on any atom is -0.477 e. The summed E-state index contributed by atoms with van der Waals surface area (Å²) in [7, 11) is 4.01. The number of benzene rings is 1. The molecule has 0 atom stereocenters. The molecule has 0 saturated heterocycles. The number of carbonyl (C=O) groups is 1. The predicted molar refractivity (Wildman–Crippen MR) is 102 cm³/mol. The van der Waals surface area contributed by atoms with Crippen molar-refractivity contribution in [2.45, 2.75) is 12.8 Å². The van der Waals surface area contributed by atoms with Crippen LogP contribution in [0.15, 0.2) is 55.1 Å². The average Bonchev–Trinajstić information content (AvgIpc) is 3.19. The highest BCUT2D eigenvalue weighted by atomic mass is 16.4. The molecule has 1 N–H and O–H groups in total. The molecule has 0 saturated carbocycles. The zero-order valence-electron chi connectivity index (χ0n) is 14.8. The summed E-state index contributed by atoms with van der Waals surface area (Å²) in [5.74, 6) is 0.00563. The van der Waals surface area contributed by atoms with Crippen molar-refractivity contribution >= 4 is 23.0 Å². The second-order valence-electron chi connectivity index (χ2n) is 6.53. The van der Waals surface area contributed by atoms with E-state index < -0.39 is 5.97 Å². The zero-order chi connectivity index (χ0) is 18.4. The van der Waals surface area contributed by atoms with Gasteiger partial charge in [-0.25, -0.2) is 9.78 Å². The summed E-state index contributed by atoms with van der Waals surface area (Å²) in [6, 6.07) is 10.1. The molecule has 0 bridgehead atoms. The first kappa shape index (κ1) is 16.2. The molecule has 132 valence electrons. The highest BCUT2D eigenvalue weighted by Gasteiger charge is 2.24. The standard InChI is InChI=1S/C20H20N4O2/c1-13-22(2)16-8-5-14(12-17(16)23(13)3)4-6-15-7-9-18-21-10-11-24(18)19(15)20(25)26/h5,7-12H,1,4,6H2,2-3H3,(H,25,26). The quantitative estimate of drug-likeness (QED) is 0.785. The Morgan fingerprint density at radius 3 is 2.65 bits per heavy atom. The number of rotatable bonds is 4. The van der Waals surface area contributed by atoms with Crippen LogP contribution in [-0.2, 0) is 12.8 Å². The number of aryl methyl sites for hydroxylation is 2. The summed E-state index contributed by atoms with van der Waals surface area (Å²) < 4.78 is 1.63. The number of anilines is 2. The fraction of sp³-hybridized carbons (Fsp3) is 0.200. The van der Waals surface area contributed by atoms with Gasteiger partial charge in [0.05, 0.1) is 11.4 Å². The molecule has 0 radical (unpaired) electrons. The van der Waals surface area contributed by atoms with Crippen LogP contribution in [0.2, 0.25) is 0 Å². The van der Waals surface area contributed by atoms with Gasteiger partial charge >= 0.3 is 5.97 Å². The van der Waals surface area contributed by atoms with Crippen LogP contribution >= 0.6 is 0 Å². The van der Waals surface area contributed by atoms with Gasteiger partial charge in [0.1, 0.15) is 17.2 Å². The Bertz CT molecular complexity index is 1040. The van der Waals surface area contributed by atoms with E-state index in [0.717, 1.165) is 29.2 Å². The van der Waals surface area contributed by atoms with Crippen molar-refractivity contribution < 1.29 is 9.90 Å². The van der Waals surface area contributed by atoms with Gasteiger partial charge in [-0.2, -0.15) is 0 Å². The van der Waals surface area contributed by atoms with Crippen LogP contribution in [0.5, 0.6) is 0 Å². The van der Waals surface area contributed by atoms with Crippen molar-refractivity contribution in [1.29, 1.82) is 0 Å². The molecule has 3 heterocycles. The van der Waals surface area contributed by atoms with Crippen LogP contribution in [0, 0.1) is 0 Å². The lowest BCUT2D eigenvalue weighted by Gasteiger charge is -2.15. The average molecular weight is 348 g/mol. The third-order valence-electron chi connectivity index (χ3n) is 5.07. The van der Waals surface area contributed by atoms with Crippen molar-refractivity contribution in [1.82, 2.24) is 9.38 Å². The van der Waals surface area contributed by atoms with Crippen molar-refractivity contribution in [3.8, 4) is 0 Å². The summed E-state index contributed by atoms with van der Waals surface area (Å²) in [5, 5.41) is 9.63. The zero-order valence-corrected chi connectivity index (χ0v) is 14.8. The predicted octanol–water partition coefficient (Wildman–Crippen LogP) is 3.17. The largest absolute Gasteiger partial charge is 0.477 e. The molecule has 1 aliphatic rings. The van der Waals surface area contributed by atoms with Gasteiger partial charge < -0.3 is 14.9 Å². The Labute approximate surface area is 151 Å². The van der Waals surface area contributed by atoms with E-state index in [9.17, 15) is 9.90 Å². The number of hydrogen-bond acceptors (Lipinski definition) is 4. The van der Waals surface area contributed by atoms with Gasteiger partial charge in [0.2, 0.25) is 0 Å². The fourth-order valence-electron chi connectivity index (χ4n) is 3.54. The molecule has 4 rings (SSSR count). The van der Waals surface area contributed by atoms with E-state index in [-0.39, 0.29) is 5.69 Å². The number of aromatic carboxylic acids is 1. The number of hydrogen-bond donors (Lipinski definition) is 1. The van der Waals surface area contributed by atoms with Gasteiger partial charge in [-0.05, 0) is 42.2 Å². The first-order valence-electron chi connectivity index (χ1n) is 8.45. The highest BCUT2D eigenvalue weighted by Crippen LogP contribution is 2.39. The van der Waals surface area contributed by atoms with Crippen LogP contribution < -0.4 is 9.80 Å². The Morgan fingerprint density at radius 2 is 1.88 bits per heavy atom. The number of pyridine rings is 1. The van der Waals surface area contributed by atoms with Crippen LogP contribution in [0.4, 0.5) is 11.4 Å². The number of carboxylic acids is 1. The van der Waals surface area contributed by atoms with E-state index in [1.807, 2.05) is 26.2 Å². The topological polar surface area (TPSA) is 61.1 Å². The maximum atomic E-state index is 11.7. The molecule has 6 nitrogen and oxygen atoms in total. The summed E-state index contributed by atoms with van der Waals surface area (Å²) in [4.78, 5) is 20.0. The molecule has 3 aromatic rings. The number of nitrogens with zero attached hydrogens (tertiary/aromatic N) is 4. The summed E-state index contributed by atoms with van der Waals surface area (Å²) in [6.45, 7) is 4.09. The molecule has 0 unspecified atom stereocenters. The van der Waals surface area contributed by atoms with Gasteiger partial charge in [0, 0.05) is 26.5 Å². The smallest absolute Gasteiger partial charge is 0.353 e. The molecule has 26 heavy (non-hydrogen) atoms. The van der Waals surface area contributed by atoms with E-state index in [1.165, 1.54) is 5.56 Å². The fourth-order valence-corrected chi connectivity index (χ4v) is 3.54. The first-order valence-corrected chi connectivity index (χ1v) is 8.45. The molecule has 1 aliphatic heterocycles. The molecule has 2 aromatic heterocycles. The van der Waals surface area contributed by atoms with Gasteiger partial charge in [-0.1, -0.05) is 18.7 Å². The molecule has 0 amide bonds. The Kier molecular flexibility index (Phi) is 3.68. The lowest BCUT2D eigenvalue weighted by atomic mass is 10.0. The minimum atomic E-state index is -0.935. The van der Waals surface area contributed by atoms with Crippen LogP contribution in [-0.4, -0.2) is 34.6 Å². The molecule has 6 heteroatoms. The second kappa shape index (κ2) is 5.91. The lowest BCUT2D eigenvalue weighted by Crippen LogP contribution is -2.20. The van der Waals surface area contributed by atoms with Gasteiger partial charge in [-0.3, -0.25) is 4.40 Å². The summed E-state index contributed by atoms with van der Waals surface area (Å²) in [6.07, 6.45) is 4.71. The van der Waals surface area contributed by atoms with E-state index in [1.54, 1.807) is 16.8 Å². The molecular weight excluding hydrogens is 328 g/mol. The van der Waals surface area contributed by atoms with Crippen molar-refractivity contribution in [2.24, 2.45) is 0 Å². The van der Waals surface area contributed by atoms with E-state index >= 15 is 0 Å². The van der Waals surface area contributed by atoms with E-state index in [4.69, 9.17) is 0 Å². The molecule has 0 aliphatic carbocycles. The van der Waals surface area contributed by atoms with Crippen LogP contribution in [0.25, 0.3) is 5.65 Å². The van der Waals surface area contributed by atoms with Gasteiger partial charge in [-0.15, -0.1) is 0 Å². The Balaban J connectivity index is 1.63. The maximum absolute atomic E-state index is 11.7. The molecule has 0 spiro atoms. The van der Waals surface area contributed by atoms with E-state index in [0.29, 0.717) is 12.1 Å². The van der Waals surface area contributed by atoms with Crippen molar-refractivity contribution in [3.63, 3.8) is 0 Å². The summed E-state index contributed by atoms with van der Waals surface area (Å²) >= 11 is 0. The first-order chi connectivity index (χ1) is 12.5. The highest BCUT2D eigenvalue weighted by molar-refractivity contribution is 5.88. The van der Waals surface area contributed by atoms with Crippen molar-refractivity contribution in [2.75, 3.05) is 23.9 Å². The van der Waals surface area contributed by atoms with Crippen molar-refractivity contribution in [3.05, 3.63) is 71.9 Å². The Morgan fingerprint density at radius 1 is 1.12 bits per heavy atom. The Hall–Kier alpha value is -3.28. The third kappa shape index (κ3) is 2.42. The summed E-state index contributed by atoms with van der Waals surface area (Å²) in [5.41, 5.74) is 5.16. The molecule has 1 aromatic carbocycles. The normalized spacial score (nSPS) is 13.5. The molecule has 0 fully saturated rings. The maximum Gasteiger partial charge on any atom is 0.353 e. The third-order valence-corrected chi connectivity index (χ3v) is 5.07. The van der Waals surface area contributed by atoms with Crippen LogP contribution in [0.3, 0.4) is 0 Å². The molecular formula is C20H20N4O2. The number of fused-ring (bicyclic) bond motifs is 2. The number of imidazole rings is 1.